The number of carboxylic acids is 1. The minimum absolute atomic E-state index is 0.0175. The fraction of sp³-hybridized carbons (Fsp3) is 0.125. The highest BCUT2D eigenvalue weighted by atomic mass is 19.2. The van der Waals surface area contributed by atoms with Gasteiger partial charge in [-0.1, -0.05) is 30.4 Å². The second-order valence-corrected chi connectivity index (χ2v) is 9.90. The zero-order valence-electron chi connectivity index (χ0n) is 23.2. The molecule has 1 aliphatic rings. The van der Waals surface area contributed by atoms with Crippen LogP contribution in [0.15, 0.2) is 60.8 Å². The molecule has 0 unspecified atom stereocenters. The number of benzene rings is 2. The Hall–Kier alpha value is -5.58. The number of anilines is 2. The normalized spacial score (nSPS) is 13.3. The number of carbonyl (C=O) groups is 3. The van der Waals surface area contributed by atoms with E-state index in [1.807, 2.05) is 30.4 Å². The predicted molar refractivity (Wildman–Crippen MR) is 159 cm³/mol. The van der Waals surface area contributed by atoms with Crippen molar-refractivity contribution in [2.45, 2.75) is 20.4 Å². The molecule has 0 fully saturated rings. The topological polar surface area (TPSA) is 136 Å². The van der Waals surface area contributed by atoms with Crippen molar-refractivity contribution in [1.29, 1.82) is 0 Å². The number of H-pyrrole nitrogens is 1. The summed E-state index contributed by atoms with van der Waals surface area (Å²) in [6.45, 7) is 3.74. The van der Waals surface area contributed by atoms with Crippen LogP contribution in [-0.2, 0) is 11.3 Å². The van der Waals surface area contributed by atoms with E-state index in [4.69, 9.17) is 0 Å². The van der Waals surface area contributed by atoms with Crippen molar-refractivity contribution >= 4 is 47.0 Å². The summed E-state index contributed by atoms with van der Waals surface area (Å²) < 4.78 is 26.6. The molecule has 4 aromatic rings. The van der Waals surface area contributed by atoms with Crippen LogP contribution < -0.4 is 16.0 Å². The van der Waals surface area contributed by atoms with E-state index < -0.39 is 23.5 Å². The van der Waals surface area contributed by atoms with Crippen LogP contribution >= 0.6 is 0 Å². The second-order valence-electron chi connectivity index (χ2n) is 9.90. The van der Waals surface area contributed by atoms with Crippen molar-refractivity contribution in [3.8, 4) is 0 Å². The highest BCUT2D eigenvalue weighted by Gasteiger charge is 2.25. The first-order chi connectivity index (χ1) is 20.6. The van der Waals surface area contributed by atoms with Crippen LogP contribution in [0.3, 0.4) is 0 Å². The van der Waals surface area contributed by atoms with Gasteiger partial charge in [0.1, 0.15) is 5.82 Å². The number of rotatable bonds is 9. The van der Waals surface area contributed by atoms with Gasteiger partial charge < -0.3 is 26.0 Å². The first-order valence-corrected chi connectivity index (χ1v) is 13.3. The van der Waals surface area contributed by atoms with Crippen molar-refractivity contribution in [3.05, 3.63) is 117 Å². The summed E-state index contributed by atoms with van der Waals surface area (Å²) >= 11 is 0. The Morgan fingerprint density at radius 1 is 1.07 bits per heavy atom. The Kier molecular flexibility index (Phi) is 8.15. The van der Waals surface area contributed by atoms with E-state index in [0.717, 1.165) is 17.7 Å². The third kappa shape index (κ3) is 6.20. The SMILES string of the molecule is Cc1[nH]c(/C=C2\C(=O)Nc3cc(/C=C/CNc4ncccc4C(=O)NCc4ccc(F)c(F)c4)ccc32)c(C)c1C(=O)O. The van der Waals surface area contributed by atoms with Crippen molar-refractivity contribution in [1.82, 2.24) is 15.3 Å². The van der Waals surface area contributed by atoms with Gasteiger partial charge in [0.05, 0.1) is 16.7 Å². The maximum Gasteiger partial charge on any atom is 0.337 e. The minimum atomic E-state index is -1.03. The molecule has 9 nitrogen and oxygen atoms in total. The van der Waals surface area contributed by atoms with Crippen LogP contribution in [0.5, 0.6) is 0 Å². The number of nitrogens with one attached hydrogen (secondary N) is 4. The number of aryl methyl sites for hydroxylation is 1. The molecule has 218 valence electrons. The van der Waals surface area contributed by atoms with Crippen LogP contribution in [0.4, 0.5) is 20.3 Å². The highest BCUT2D eigenvalue weighted by Crippen LogP contribution is 2.35. The lowest BCUT2D eigenvalue weighted by Crippen LogP contribution is -2.24. The molecule has 2 aromatic carbocycles. The Balaban J connectivity index is 1.23. The van der Waals surface area contributed by atoms with Gasteiger partial charge in [0.2, 0.25) is 0 Å². The van der Waals surface area contributed by atoms with Crippen molar-refractivity contribution < 1.29 is 28.3 Å². The first kappa shape index (κ1) is 28.9. The maximum absolute atomic E-state index is 13.5. The lowest BCUT2D eigenvalue weighted by Gasteiger charge is -2.10. The molecular weight excluding hydrogens is 556 g/mol. The average Bonchev–Trinajstić information content (AvgIpc) is 3.44. The molecule has 3 heterocycles. The average molecular weight is 584 g/mol. The number of hydrogen-bond donors (Lipinski definition) is 5. The quantitative estimate of drug-likeness (QED) is 0.164. The number of aromatic amines is 1. The first-order valence-electron chi connectivity index (χ1n) is 13.3. The molecule has 2 amide bonds. The summed E-state index contributed by atoms with van der Waals surface area (Å²) in [7, 11) is 0. The molecule has 0 saturated carbocycles. The molecule has 0 bridgehead atoms. The molecule has 5 rings (SSSR count). The highest BCUT2D eigenvalue weighted by molar-refractivity contribution is 6.35. The molecule has 0 atom stereocenters. The lowest BCUT2D eigenvalue weighted by atomic mass is 10.0. The van der Waals surface area contributed by atoms with E-state index in [1.165, 1.54) is 6.07 Å². The van der Waals surface area contributed by atoms with E-state index in [1.54, 1.807) is 38.3 Å². The van der Waals surface area contributed by atoms with Gasteiger partial charge in [-0.15, -0.1) is 0 Å². The molecule has 0 saturated heterocycles. The van der Waals surface area contributed by atoms with Gasteiger partial charge in [0, 0.05) is 41.9 Å². The third-order valence-electron chi connectivity index (χ3n) is 6.99. The van der Waals surface area contributed by atoms with Crippen LogP contribution in [0.2, 0.25) is 0 Å². The number of halogens is 2. The molecule has 11 heteroatoms. The van der Waals surface area contributed by atoms with E-state index in [0.29, 0.717) is 57.3 Å². The number of carbonyl (C=O) groups excluding carboxylic acids is 2. The fourth-order valence-corrected chi connectivity index (χ4v) is 4.85. The minimum Gasteiger partial charge on any atom is -0.478 e. The number of aromatic carboxylic acids is 1. The molecule has 0 radical (unpaired) electrons. The van der Waals surface area contributed by atoms with Gasteiger partial charge in [-0.05, 0) is 66.9 Å². The summed E-state index contributed by atoms with van der Waals surface area (Å²) in [6, 6.07) is 12.2. The predicted octanol–water partition coefficient (Wildman–Crippen LogP) is 5.55. The van der Waals surface area contributed by atoms with E-state index >= 15 is 0 Å². The summed E-state index contributed by atoms with van der Waals surface area (Å²) in [5.41, 5.74) is 5.14. The van der Waals surface area contributed by atoms with Gasteiger partial charge in [-0.2, -0.15) is 0 Å². The Morgan fingerprint density at radius 2 is 1.88 bits per heavy atom. The summed E-state index contributed by atoms with van der Waals surface area (Å²) in [6.07, 6.45) is 6.90. The number of hydrogen-bond acceptors (Lipinski definition) is 5. The largest absolute Gasteiger partial charge is 0.478 e. The van der Waals surface area contributed by atoms with E-state index in [2.05, 4.69) is 25.9 Å². The third-order valence-corrected chi connectivity index (χ3v) is 6.99. The molecule has 2 aromatic heterocycles. The standard InChI is InChI=1S/C32H27F2N5O4/c1-17-26(38-18(2)28(17)32(42)43)15-23-21-9-7-19(14-27(21)39-31(23)41)5-3-11-35-29-22(6-4-12-36-29)30(40)37-16-20-8-10-24(33)25(34)13-20/h3-10,12-15,38H,11,16H2,1-2H3,(H,35,36)(H,37,40)(H,39,41)(H,42,43)/b5-3+,23-15-. The van der Waals surface area contributed by atoms with Crippen LogP contribution in [0.25, 0.3) is 17.7 Å². The molecule has 0 spiro atoms. The Bertz CT molecular complexity index is 1830. The number of fused-ring (bicyclic) bond motifs is 1. The van der Waals surface area contributed by atoms with Crippen LogP contribution in [0, 0.1) is 25.5 Å². The molecule has 5 N–H and O–H groups in total. The van der Waals surface area contributed by atoms with Crippen molar-refractivity contribution in [2.75, 3.05) is 17.2 Å². The maximum atomic E-state index is 13.5. The molecule has 43 heavy (non-hydrogen) atoms. The van der Waals surface area contributed by atoms with Gasteiger partial charge in [0.15, 0.2) is 11.6 Å². The number of carboxylic acid groups (broad SMARTS) is 1. The smallest absolute Gasteiger partial charge is 0.337 e. The molecule has 0 aliphatic carbocycles. The zero-order chi connectivity index (χ0) is 30.7. The second kappa shape index (κ2) is 12.1. The number of amides is 2. The van der Waals surface area contributed by atoms with Gasteiger partial charge in [-0.3, -0.25) is 9.59 Å². The molecular formula is C32H27F2N5O4. The Morgan fingerprint density at radius 3 is 2.63 bits per heavy atom. The Labute approximate surface area is 245 Å². The summed E-state index contributed by atoms with van der Waals surface area (Å²) in [5, 5.41) is 18.1. The lowest BCUT2D eigenvalue weighted by molar-refractivity contribution is -0.110. The summed E-state index contributed by atoms with van der Waals surface area (Å²) in [4.78, 5) is 44.3. The van der Waals surface area contributed by atoms with Gasteiger partial charge >= 0.3 is 5.97 Å². The number of nitrogens with zero attached hydrogens (tertiary/aromatic N) is 1. The zero-order valence-corrected chi connectivity index (χ0v) is 23.2. The van der Waals surface area contributed by atoms with Crippen molar-refractivity contribution in [2.24, 2.45) is 0 Å². The van der Waals surface area contributed by atoms with E-state index in [9.17, 15) is 28.3 Å². The molecule has 1 aliphatic heterocycles. The van der Waals surface area contributed by atoms with Crippen molar-refractivity contribution in [3.63, 3.8) is 0 Å². The van der Waals surface area contributed by atoms with Gasteiger partial charge in [0.25, 0.3) is 11.8 Å². The number of pyridine rings is 1. The fourth-order valence-electron chi connectivity index (χ4n) is 4.85. The summed E-state index contributed by atoms with van der Waals surface area (Å²) in [5.74, 6) is -3.32. The van der Waals surface area contributed by atoms with Crippen LogP contribution in [-0.4, -0.2) is 39.4 Å². The van der Waals surface area contributed by atoms with E-state index in [-0.39, 0.29) is 18.0 Å². The van der Waals surface area contributed by atoms with Crippen LogP contribution in [0.1, 0.15) is 54.4 Å². The van der Waals surface area contributed by atoms with Gasteiger partial charge in [-0.25, -0.2) is 18.6 Å². The number of aromatic nitrogens is 2. The monoisotopic (exact) mass is 583 g/mol.